The first-order valence-electron chi connectivity index (χ1n) is 12.4. The highest BCUT2D eigenvalue weighted by Gasteiger charge is 2.22. The van der Waals surface area contributed by atoms with Gasteiger partial charge in [0.2, 0.25) is 11.9 Å². The van der Waals surface area contributed by atoms with E-state index < -0.39 is 0 Å². The van der Waals surface area contributed by atoms with Gasteiger partial charge in [0.05, 0.1) is 29.2 Å². The molecule has 36 heavy (non-hydrogen) atoms. The van der Waals surface area contributed by atoms with Gasteiger partial charge in [-0.3, -0.25) is 9.78 Å². The predicted molar refractivity (Wildman–Crippen MR) is 144 cm³/mol. The molecule has 2 N–H and O–H groups in total. The number of rotatable bonds is 6. The van der Waals surface area contributed by atoms with E-state index >= 15 is 0 Å². The quantitative estimate of drug-likeness (QED) is 0.516. The van der Waals surface area contributed by atoms with Crippen LogP contribution in [-0.4, -0.2) is 70.4 Å². The standard InChI is InChI=1S/C27H32ClN7O/c1-17-23(12-18(15-29-17)6-9-35-10-7-21(8-11-35)34(2)3)32-27-30-16-19-13-25(36)31-24-14-20(28)4-5-22(24)26(19)33-27/h4-5,12,14-16,21H,6-11,13H2,1-3H3,(H,31,36)(H,30,32,33). The van der Waals surface area contributed by atoms with Crippen LogP contribution in [0.3, 0.4) is 0 Å². The molecule has 4 heterocycles. The van der Waals surface area contributed by atoms with E-state index in [1.54, 1.807) is 18.3 Å². The van der Waals surface area contributed by atoms with Crippen molar-refractivity contribution in [2.75, 3.05) is 44.4 Å². The molecule has 1 amide bonds. The molecule has 0 spiro atoms. The Morgan fingerprint density at radius 1 is 1.17 bits per heavy atom. The van der Waals surface area contributed by atoms with Crippen LogP contribution in [0.1, 0.15) is 29.7 Å². The number of benzene rings is 1. The Kier molecular flexibility index (Phi) is 7.18. The average molecular weight is 506 g/mol. The zero-order valence-electron chi connectivity index (χ0n) is 21.0. The van der Waals surface area contributed by atoms with Crippen LogP contribution in [0.15, 0.2) is 36.7 Å². The number of aryl methyl sites for hydroxylation is 1. The molecule has 3 aromatic rings. The molecule has 1 aromatic carbocycles. The number of nitrogens with zero attached hydrogens (tertiary/aromatic N) is 5. The molecule has 8 nitrogen and oxygen atoms in total. The molecule has 0 radical (unpaired) electrons. The first-order valence-corrected chi connectivity index (χ1v) is 12.8. The third-order valence-electron chi connectivity index (χ3n) is 7.12. The number of hydrogen-bond donors (Lipinski definition) is 2. The Morgan fingerprint density at radius 3 is 2.75 bits per heavy atom. The van der Waals surface area contributed by atoms with Gasteiger partial charge in [-0.25, -0.2) is 9.97 Å². The van der Waals surface area contributed by atoms with Crippen molar-refractivity contribution in [1.29, 1.82) is 0 Å². The van der Waals surface area contributed by atoms with Crippen LogP contribution in [0.2, 0.25) is 5.02 Å². The summed E-state index contributed by atoms with van der Waals surface area (Å²) in [5.74, 6) is 0.358. The van der Waals surface area contributed by atoms with Crippen molar-refractivity contribution in [3.63, 3.8) is 0 Å². The fourth-order valence-electron chi connectivity index (χ4n) is 4.93. The summed E-state index contributed by atoms with van der Waals surface area (Å²) in [5.41, 5.74) is 5.94. The molecule has 0 aliphatic carbocycles. The van der Waals surface area contributed by atoms with E-state index in [-0.39, 0.29) is 12.3 Å². The number of pyridine rings is 1. The largest absolute Gasteiger partial charge is 0.325 e. The third kappa shape index (κ3) is 5.51. The summed E-state index contributed by atoms with van der Waals surface area (Å²) >= 11 is 6.16. The summed E-state index contributed by atoms with van der Waals surface area (Å²) in [5, 5.41) is 6.83. The van der Waals surface area contributed by atoms with Gasteiger partial charge in [-0.05, 0) is 83.2 Å². The van der Waals surface area contributed by atoms with Crippen molar-refractivity contribution in [1.82, 2.24) is 24.8 Å². The van der Waals surface area contributed by atoms with E-state index in [1.165, 1.54) is 18.4 Å². The van der Waals surface area contributed by atoms with Crippen molar-refractivity contribution in [3.05, 3.63) is 58.5 Å². The number of carbonyl (C=O) groups excluding carboxylic acids is 1. The first kappa shape index (κ1) is 24.6. The number of halogens is 1. The van der Waals surface area contributed by atoms with Crippen LogP contribution in [0.5, 0.6) is 0 Å². The molecule has 2 aromatic heterocycles. The molecular formula is C27H32ClN7O. The van der Waals surface area contributed by atoms with Crippen LogP contribution in [0.25, 0.3) is 11.3 Å². The van der Waals surface area contributed by atoms with Crippen molar-refractivity contribution in [2.45, 2.75) is 38.6 Å². The lowest BCUT2D eigenvalue weighted by Crippen LogP contribution is -2.42. The highest BCUT2D eigenvalue weighted by atomic mass is 35.5. The van der Waals surface area contributed by atoms with Gasteiger partial charge in [0.25, 0.3) is 0 Å². The summed E-state index contributed by atoms with van der Waals surface area (Å²) in [6.45, 7) is 5.28. The van der Waals surface area contributed by atoms with Crippen LogP contribution < -0.4 is 10.6 Å². The maximum absolute atomic E-state index is 12.4. The molecule has 0 atom stereocenters. The Morgan fingerprint density at radius 2 is 1.97 bits per heavy atom. The Labute approximate surface area is 217 Å². The molecule has 2 aliphatic heterocycles. The summed E-state index contributed by atoms with van der Waals surface area (Å²) in [4.78, 5) is 31.1. The van der Waals surface area contributed by atoms with Crippen molar-refractivity contribution < 1.29 is 4.79 Å². The SMILES string of the molecule is Cc1ncc(CCN2CCC(N(C)C)CC2)cc1Nc1ncc2c(n1)-c1ccc(Cl)cc1NC(=O)C2. The number of aromatic nitrogens is 3. The van der Waals surface area contributed by atoms with Crippen LogP contribution in [-0.2, 0) is 17.6 Å². The Hall–Kier alpha value is -3.07. The third-order valence-corrected chi connectivity index (χ3v) is 7.36. The van der Waals surface area contributed by atoms with Gasteiger partial charge in [-0.2, -0.15) is 0 Å². The molecule has 2 aliphatic rings. The van der Waals surface area contributed by atoms with E-state index in [0.717, 1.165) is 54.3 Å². The minimum Gasteiger partial charge on any atom is -0.325 e. The molecule has 5 rings (SSSR count). The fourth-order valence-corrected chi connectivity index (χ4v) is 5.10. The van der Waals surface area contributed by atoms with Gasteiger partial charge in [-0.1, -0.05) is 11.6 Å². The van der Waals surface area contributed by atoms with Gasteiger partial charge < -0.3 is 20.4 Å². The number of nitrogens with one attached hydrogen (secondary N) is 2. The van der Waals surface area contributed by atoms with E-state index in [0.29, 0.717) is 22.7 Å². The van der Waals surface area contributed by atoms with E-state index in [2.05, 4.69) is 50.6 Å². The monoisotopic (exact) mass is 505 g/mol. The number of carbonyl (C=O) groups is 1. The molecule has 0 saturated carbocycles. The molecule has 0 bridgehead atoms. The normalized spacial score (nSPS) is 16.3. The molecule has 188 valence electrons. The maximum Gasteiger partial charge on any atom is 0.228 e. The maximum atomic E-state index is 12.4. The second-order valence-corrected chi connectivity index (χ2v) is 10.3. The molecule has 1 fully saturated rings. The minimum atomic E-state index is -0.111. The molecule has 0 unspecified atom stereocenters. The first-order chi connectivity index (χ1) is 17.4. The smallest absolute Gasteiger partial charge is 0.228 e. The van der Waals surface area contributed by atoms with Crippen molar-refractivity contribution in [3.8, 4) is 11.3 Å². The molecular weight excluding hydrogens is 474 g/mol. The van der Waals surface area contributed by atoms with Crippen LogP contribution >= 0.6 is 11.6 Å². The van der Waals surface area contributed by atoms with Crippen LogP contribution in [0.4, 0.5) is 17.3 Å². The summed E-state index contributed by atoms with van der Waals surface area (Å²) < 4.78 is 0. The second-order valence-electron chi connectivity index (χ2n) is 9.87. The lowest BCUT2D eigenvalue weighted by Gasteiger charge is -2.35. The van der Waals surface area contributed by atoms with Crippen molar-refractivity contribution in [2.24, 2.45) is 0 Å². The number of likely N-dealkylation sites (tertiary alicyclic amines) is 1. The van der Waals surface area contributed by atoms with Crippen LogP contribution in [0, 0.1) is 6.92 Å². The summed E-state index contributed by atoms with van der Waals surface area (Å²) in [6, 6.07) is 8.27. The van der Waals surface area contributed by atoms with E-state index in [4.69, 9.17) is 16.6 Å². The molecule has 9 heteroatoms. The minimum absolute atomic E-state index is 0.111. The highest BCUT2D eigenvalue weighted by molar-refractivity contribution is 6.31. The lowest BCUT2D eigenvalue weighted by molar-refractivity contribution is -0.115. The summed E-state index contributed by atoms with van der Waals surface area (Å²) in [6.07, 6.45) is 7.28. The predicted octanol–water partition coefficient (Wildman–Crippen LogP) is 4.31. The highest BCUT2D eigenvalue weighted by Crippen LogP contribution is 2.35. The fraction of sp³-hybridized carbons (Fsp3) is 0.407. The van der Waals surface area contributed by atoms with Gasteiger partial charge in [0.15, 0.2) is 0 Å². The number of amides is 1. The average Bonchev–Trinajstić information content (AvgIpc) is 2.99. The van der Waals surface area contributed by atoms with Crippen molar-refractivity contribution >= 4 is 34.8 Å². The number of hydrogen-bond acceptors (Lipinski definition) is 7. The molecule has 1 saturated heterocycles. The van der Waals surface area contributed by atoms with E-state index in [1.807, 2.05) is 19.2 Å². The van der Waals surface area contributed by atoms with E-state index in [9.17, 15) is 4.79 Å². The Bertz CT molecular complexity index is 1270. The number of fused-ring (bicyclic) bond motifs is 3. The zero-order valence-corrected chi connectivity index (χ0v) is 21.8. The second kappa shape index (κ2) is 10.5. The van der Waals surface area contributed by atoms with Gasteiger partial charge in [-0.15, -0.1) is 0 Å². The Balaban J connectivity index is 1.32. The number of piperidine rings is 1. The van der Waals surface area contributed by atoms with Gasteiger partial charge in [0.1, 0.15) is 0 Å². The van der Waals surface area contributed by atoms with Gasteiger partial charge >= 0.3 is 0 Å². The topological polar surface area (TPSA) is 86.3 Å². The zero-order chi connectivity index (χ0) is 25.2. The number of anilines is 3. The summed E-state index contributed by atoms with van der Waals surface area (Å²) in [7, 11) is 4.34. The lowest BCUT2D eigenvalue weighted by atomic mass is 10.0. The van der Waals surface area contributed by atoms with Gasteiger partial charge in [0, 0.05) is 41.1 Å².